The fraction of sp³-hybridized carbons (Fsp3) is 0.667. The van der Waals surface area contributed by atoms with Crippen LogP contribution in [0.2, 0.25) is 0 Å². The lowest BCUT2D eigenvalue weighted by molar-refractivity contribution is -0.131. The van der Waals surface area contributed by atoms with Gasteiger partial charge >= 0.3 is 5.97 Å². The monoisotopic (exact) mass is 187 g/mol. The molecule has 0 aromatic rings. The predicted octanol–water partition coefficient (Wildman–Crippen LogP) is 0.331. The number of hydrogen-bond acceptors (Lipinski definition) is 3. The van der Waals surface area contributed by atoms with Gasteiger partial charge in [-0.1, -0.05) is 13.0 Å². The maximum absolute atomic E-state index is 10.1. The van der Waals surface area contributed by atoms with E-state index >= 15 is 0 Å². The van der Waals surface area contributed by atoms with E-state index in [9.17, 15) is 4.79 Å². The van der Waals surface area contributed by atoms with E-state index in [0.717, 1.165) is 19.0 Å². The molecule has 0 bridgehead atoms. The number of carbonyl (C=O) groups is 1. The number of carboxylic acid groups (broad SMARTS) is 1. The Balaban J connectivity index is 3.73. The highest BCUT2D eigenvalue weighted by Gasteiger charge is 1.99. The zero-order valence-corrected chi connectivity index (χ0v) is 7.94. The molecule has 4 nitrogen and oxygen atoms in total. The Labute approximate surface area is 78.5 Å². The minimum Gasteiger partial charge on any atom is -0.478 e. The molecular formula is C9H17NO3. The Kier molecular flexibility index (Phi) is 7.24. The molecule has 0 fully saturated rings. The second-order valence-corrected chi connectivity index (χ2v) is 2.76. The Hall–Kier alpha value is -0.870. The van der Waals surface area contributed by atoms with Gasteiger partial charge in [-0.05, 0) is 13.0 Å². The van der Waals surface area contributed by atoms with Crippen molar-refractivity contribution in [2.75, 3.05) is 26.2 Å². The molecule has 76 valence electrons. The van der Waals surface area contributed by atoms with E-state index in [1.54, 1.807) is 6.08 Å². The first-order chi connectivity index (χ1) is 6.20. The Morgan fingerprint density at radius 3 is 2.62 bits per heavy atom. The predicted molar refractivity (Wildman–Crippen MR) is 50.6 cm³/mol. The standard InChI is InChI=1S/C9H17NO3/c1-2-5-10(7-8-11)6-3-4-9(12)13/h3-4,11H,2,5-8H2,1H3,(H,12,13)/b4-3+. The molecule has 0 heterocycles. The summed E-state index contributed by atoms with van der Waals surface area (Å²) in [6.07, 6.45) is 3.72. The maximum Gasteiger partial charge on any atom is 0.328 e. The fourth-order valence-corrected chi connectivity index (χ4v) is 1.05. The summed E-state index contributed by atoms with van der Waals surface area (Å²) in [6.45, 7) is 4.22. The third kappa shape index (κ3) is 7.49. The van der Waals surface area contributed by atoms with E-state index in [1.807, 2.05) is 11.8 Å². The maximum atomic E-state index is 10.1. The third-order valence-corrected chi connectivity index (χ3v) is 1.58. The van der Waals surface area contributed by atoms with Crippen LogP contribution < -0.4 is 0 Å². The van der Waals surface area contributed by atoms with Gasteiger partial charge in [-0.2, -0.15) is 0 Å². The lowest BCUT2D eigenvalue weighted by Crippen LogP contribution is -2.27. The molecule has 0 unspecified atom stereocenters. The minimum atomic E-state index is -0.930. The number of hydrogen-bond donors (Lipinski definition) is 2. The molecule has 0 atom stereocenters. The Morgan fingerprint density at radius 1 is 1.46 bits per heavy atom. The molecule has 0 saturated carbocycles. The average molecular weight is 187 g/mol. The van der Waals surface area contributed by atoms with Gasteiger partial charge in [0.2, 0.25) is 0 Å². The SMILES string of the molecule is CCCN(C/C=C/C(=O)O)CCO. The summed E-state index contributed by atoms with van der Waals surface area (Å²) in [5.74, 6) is -0.930. The molecule has 0 aliphatic carbocycles. The van der Waals surface area contributed by atoms with Crippen LogP contribution in [0.4, 0.5) is 0 Å². The largest absolute Gasteiger partial charge is 0.478 e. The summed E-state index contributed by atoms with van der Waals surface area (Å²) < 4.78 is 0. The van der Waals surface area contributed by atoms with Crippen molar-refractivity contribution >= 4 is 5.97 Å². The van der Waals surface area contributed by atoms with E-state index in [0.29, 0.717) is 13.1 Å². The number of aliphatic carboxylic acids is 1. The molecule has 0 aromatic heterocycles. The molecule has 0 radical (unpaired) electrons. The quantitative estimate of drug-likeness (QED) is 0.564. The van der Waals surface area contributed by atoms with E-state index in [-0.39, 0.29) is 6.61 Å². The van der Waals surface area contributed by atoms with Crippen LogP contribution >= 0.6 is 0 Å². The summed E-state index contributed by atoms with van der Waals surface area (Å²) in [5.41, 5.74) is 0. The molecular weight excluding hydrogens is 170 g/mol. The second-order valence-electron chi connectivity index (χ2n) is 2.76. The topological polar surface area (TPSA) is 60.8 Å². The average Bonchev–Trinajstić information content (AvgIpc) is 2.04. The van der Waals surface area contributed by atoms with Crippen molar-refractivity contribution in [2.24, 2.45) is 0 Å². The van der Waals surface area contributed by atoms with Crippen molar-refractivity contribution in [3.05, 3.63) is 12.2 Å². The first-order valence-corrected chi connectivity index (χ1v) is 4.43. The third-order valence-electron chi connectivity index (χ3n) is 1.58. The second kappa shape index (κ2) is 7.76. The van der Waals surface area contributed by atoms with Gasteiger partial charge in [-0.25, -0.2) is 4.79 Å². The number of aliphatic hydroxyl groups excluding tert-OH is 1. The van der Waals surface area contributed by atoms with Crippen molar-refractivity contribution in [1.82, 2.24) is 4.90 Å². The summed E-state index contributed by atoms with van der Waals surface area (Å²) in [7, 11) is 0. The Bertz CT molecular complexity index is 162. The first-order valence-electron chi connectivity index (χ1n) is 4.43. The minimum absolute atomic E-state index is 0.112. The van der Waals surface area contributed by atoms with E-state index in [1.165, 1.54) is 0 Å². The fourth-order valence-electron chi connectivity index (χ4n) is 1.05. The van der Waals surface area contributed by atoms with Crippen LogP contribution in [0.1, 0.15) is 13.3 Å². The lowest BCUT2D eigenvalue weighted by Gasteiger charge is -2.17. The molecule has 0 rings (SSSR count). The molecule has 2 N–H and O–H groups in total. The van der Waals surface area contributed by atoms with Gasteiger partial charge in [-0.15, -0.1) is 0 Å². The van der Waals surface area contributed by atoms with E-state index < -0.39 is 5.97 Å². The van der Waals surface area contributed by atoms with Crippen LogP contribution in [-0.4, -0.2) is 47.3 Å². The van der Waals surface area contributed by atoms with E-state index in [2.05, 4.69) is 0 Å². The lowest BCUT2D eigenvalue weighted by atomic mass is 10.3. The summed E-state index contributed by atoms with van der Waals surface area (Å²) >= 11 is 0. The Morgan fingerprint density at radius 2 is 2.15 bits per heavy atom. The van der Waals surface area contributed by atoms with Gasteiger partial charge in [0.15, 0.2) is 0 Å². The van der Waals surface area contributed by atoms with Crippen LogP contribution in [0.3, 0.4) is 0 Å². The number of nitrogens with zero attached hydrogens (tertiary/aromatic N) is 1. The van der Waals surface area contributed by atoms with Crippen LogP contribution in [0.25, 0.3) is 0 Å². The number of carboxylic acids is 1. The van der Waals surface area contributed by atoms with Crippen LogP contribution in [-0.2, 0) is 4.79 Å². The van der Waals surface area contributed by atoms with Gasteiger partial charge < -0.3 is 10.2 Å². The van der Waals surface area contributed by atoms with E-state index in [4.69, 9.17) is 10.2 Å². The van der Waals surface area contributed by atoms with Crippen molar-refractivity contribution in [3.8, 4) is 0 Å². The van der Waals surface area contributed by atoms with Gasteiger partial charge in [0, 0.05) is 19.2 Å². The normalized spacial score (nSPS) is 11.3. The highest BCUT2D eigenvalue weighted by atomic mass is 16.4. The zero-order valence-electron chi connectivity index (χ0n) is 7.94. The summed E-state index contributed by atoms with van der Waals surface area (Å²) in [4.78, 5) is 12.1. The molecule has 0 aromatic carbocycles. The molecule has 0 spiro atoms. The molecule has 13 heavy (non-hydrogen) atoms. The number of aliphatic hydroxyl groups is 1. The molecule has 0 aliphatic rings. The van der Waals surface area contributed by atoms with Crippen molar-refractivity contribution < 1.29 is 15.0 Å². The zero-order chi connectivity index (χ0) is 10.1. The van der Waals surface area contributed by atoms with Gasteiger partial charge in [-0.3, -0.25) is 4.90 Å². The molecule has 0 saturated heterocycles. The molecule has 0 aliphatic heterocycles. The molecule has 0 amide bonds. The van der Waals surface area contributed by atoms with Crippen molar-refractivity contribution in [1.29, 1.82) is 0 Å². The van der Waals surface area contributed by atoms with Gasteiger partial charge in [0.05, 0.1) is 6.61 Å². The van der Waals surface area contributed by atoms with Crippen LogP contribution in [0.5, 0.6) is 0 Å². The molecule has 4 heteroatoms. The highest BCUT2D eigenvalue weighted by molar-refractivity contribution is 5.79. The van der Waals surface area contributed by atoms with Crippen LogP contribution in [0, 0.1) is 0 Å². The van der Waals surface area contributed by atoms with Gasteiger partial charge in [0.25, 0.3) is 0 Å². The highest BCUT2D eigenvalue weighted by Crippen LogP contribution is 1.91. The summed E-state index contributed by atoms with van der Waals surface area (Å²) in [6, 6.07) is 0. The van der Waals surface area contributed by atoms with Crippen LogP contribution in [0.15, 0.2) is 12.2 Å². The van der Waals surface area contributed by atoms with Crippen molar-refractivity contribution in [3.63, 3.8) is 0 Å². The van der Waals surface area contributed by atoms with Gasteiger partial charge in [0.1, 0.15) is 0 Å². The summed E-state index contributed by atoms with van der Waals surface area (Å²) in [5, 5.41) is 17.0. The first kappa shape index (κ1) is 12.1. The number of rotatable bonds is 7. The van der Waals surface area contributed by atoms with Crippen molar-refractivity contribution in [2.45, 2.75) is 13.3 Å². The smallest absolute Gasteiger partial charge is 0.328 e.